The lowest BCUT2D eigenvalue weighted by Gasteiger charge is -2.06. The molecule has 0 unspecified atom stereocenters. The van der Waals surface area contributed by atoms with Crippen LogP contribution in [0, 0.1) is 5.82 Å². The zero-order valence-electron chi connectivity index (χ0n) is 6.93. The Morgan fingerprint density at radius 1 is 1.42 bits per heavy atom. The van der Waals surface area contributed by atoms with E-state index in [4.69, 9.17) is 4.74 Å². The van der Waals surface area contributed by atoms with Crippen LogP contribution in [0.3, 0.4) is 0 Å². The molecule has 0 atom stereocenters. The SMILES string of the molecule is CNc1ccc(F)cc1OC.Cl. The van der Waals surface area contributed by atoms with Crippen molar-refractivity contribution in [1.82, 2.24) is 0 Å². The molecule has 2 nitrogen and oxygen atoms in total. The third-order valence-corrected chi connectivity index (χ3v) is 1.43. The quantitative estimate of drug-likeness (QED) is 0.775. The first kappa shape index (κ1) is 11.0. The van der Waals surface area contributed by atoms with E-state index in [1.54, 1.807) is 13.1 Å². The van der Waals surface area contributed by atoms with Crippen molar-refractivity contribution in [3.63, 3.8) is 0 Å². The Labute approximate surface area is 77.1 Å². The molecule has 0 radical (unpaired) electrons. The Kier molecular flexibility index (Phi) is 4.44. The fraction of sp³-hybridized carbons (Fsp3) is 0.250. The van der Waals surface area contributed by atoms with Gasteiger partial charge >= 0.3 is 0 Å². The average Bonchev–Trinajstić information content (AvgIpc) is 2.04. The van der Waals surface area contributed by atoms with Crippen molar-refractivity contribution in [2.45, 2.75) is 0 Å². The lowest BCUT2D eigenvalue weighted by atomic mass is 10.3. The molecule has 1 N–H and O–H groups in total. The van der Waals surface area contributed by atoms with Crippen molar-refractivity contribution in [2.75, 3.05) is 19.5 Å². The molecule has 0 saturated heterocycles. The highest BCUT2D eigenvalue weighted by molar-refractivity contribution is 5.85. The molecule has 68 valence electrons. The first-order valence-corrected chi connectivity index (χ1v) is 3.29. The fourth-order valence-electron chi connectivity index (χ4n) is 0.872. The molecule has 0 aliphatic carbocycles. The second-order valence-corrected chi connectivity index (χ2v) is 2.09. The van der Waals surface area contributed by atoms with Crippen LogP contribution in [0.25, 0.3) is 0 Å². The Morgan fingerprint density at radius 2 is 2.08 bits per heavy atom. The van der Waals surface area contributed by atoms with Gasteiger partial charge in [0.1, 0.15) is 11.6 Å². The maximum atomic E-state index is 12.6. The molecular weight excluding hydrogens is 181 g/mol. The minimum Gasteiger partial charge on any atom is -0.494 e. The zero-order valence-corrected chi connectivity index (χ0v) is 7.74. The van der Waals surface area contributed by atoms with Crippen LogP contribution >= 0.6 is 12.4 Å². The van der Waals surface area contributed by atoms with Gasteiger partial charge in [-0.25, -0.2) is 4.39 Å². The van der Waals surface area contributed by atoms with E-state index in [2.05, 4.69) is 5.32 Å². The van der Waals surface area contributed by atoms with Crippen molar-refractivity contribution >= 4 is 18.1 Å². The van der Waals surface area contributed by atoms with Crippen LogP contribution in [0.1, 0.15) is 0 Å². The van der Waals surface area contributed by atoms with Crippen LogP contribution in [-0.2, 0) is 0 Å². The average molecular weight is 192 g/mol. The minimum absolute atomic E-state index is 0. The van der Waals surface area contributed by atoms with Crippen LogP contribution in [0.5, 0.6) is 5.75 Å². The van der Waals surface area contributed by atoms with Gasteiger partial charge in [-0.3, -0.25) is 0 Å². The van der Waals surface area contributed by atoms with Gasteiger partial charge in [-0.2, -0.15) is 0 Å². The number of hydrogen-bond donors (Lipinski definition) is 1. The fourth-order valence-corrected chi connectivity index (χ4v) is 0.872. The van der Waals surface area contributed by atoms with Gasteiger partial charge in [0.2, 0.25) is 0 Å². The molecule has 0 aliphatic rings. The number of hydrogen-bond acceptors (Lipinski definition) is 2. The molecule has 1 aromatic rings. The van der Waals surface area contributed by atoms with Gasteiger partial charge in [0.15, 0.2) is 0 Å². The van der Waals surface area contributed by atoms with Gasteiger partial charge in [-0.15, -0.1) is 12.4 Å². The largest absolute Gasteiger partial charge is 0.494 e. The molecule has 0 amide bonds. The molecule has 1 aromatic carbocycles. The van der Waals surface area contributed by atoms with E-state index in [0.29, 0.717) is 5.75 Å². The van der Waals surface area contributed by atoms with Crippen molar-refractivity contribution in [1.29, 1.82) is 0 Å². The predicted octanol–water partition coefficient (Wildman–Crippen LogP) is 2.30. The summed E-state index contributed by atoms with van der Waals surface area (Å²) in [7, 11) is 3.27. The van der Waals surface area contributed by atoms with Crippen LogP contribution in [-0.4, -0.2) is 14.2 Å². The summed E-state index contributed by atoms with van der Waals surface area (Å²) in [5, 5.41) is 2.88. The highest BCUT2D eigenvalue weighted by atomic mass is 35.5. The summed E-state index contributed by atoms with van der Waals surface area (Å²) in [4.78, 5) is 0. The van der Waals surface area contributed by atoms with Gasteiger partial charge in [0.05, 0.1) is 12.8 Å². The first-order chi connectivity index (χ1) is 5.27. The van der Waals surface area contributed by atoms with Gasteiger partial charge in [-0.05, 0) is 12.1 Å². The number of halogens is 2. The highest BCUT2D eigenvalue weighted by Gasteiger charge is 2.00. The smallest absolute Gasteiger partial charge is 0.144 e. The number of ether oxygens (including phenoxy) is 1. The standard InChI is InChI=1S/C8H10FNO.ClH/c1-10-7-4-3-6(9)5-8(7)11-2;/h3-5,10H,1-2H3;1H. The van der Waals surface area contributed by atoms with E-state index in [0.717, 1.165) is 5.69 Å². The summed E-state index contributed by atoms with van der Waals surface area (Å²) in [6, 6.07) is 4.36. The molecule has 0 bridgehead atoms. The summed E-state index contributed by atoms with van der Waals surface area (Å²) in [5.74, 6) is 0.230. The van der Waals surface area contributed by atoms with Crippen LogP contribution in [0.4, 0.5) is 10.1 Å². The van der Waals surface area contributed by atoms with Gasteiger partial charge in [-0.1, -0.05) is 0 Å². The molecule has 0 aliphatic heterocycles. The van der Waals surface area contributed by atoms with E-state index < -0.39 is 0 Å². The number of benzene rings is 1. The maximum Gasteiger partial charge on any atom is 0.144 e. The van der Waals surface area contributed by atoms with E-state index in [9.17, 15) is 4.39 Å². The Balaban J connectivity index is 0.00000121. The predicted molar refractivity (Wildman–Crippen MR) is 49.7 cm³/mol. The van der Waals surface area contributed by atoms with Gasteiger partial charge in [0, 0.05) is 13.1 Å². The second-order valence-electron chi connectivity index (χ2n) is 2.09. The summed E-state index contributed by atoms with van der Waals surface area (Å²) < 4.78 is 17.5. The van der Waals surface area contributed by atoms with Gasteiger partial charge < -0.3 is 10.1 Å². The minimum atomic E-state index is -0.291. The monoisotopic (exact) mass is 191 g/mol. The summed E-state index contributed by atoms with van der Waals surface area (Å²) in [6.45, 7) is 0. The molecular formula is C8H11ClFNO. The Bertz CT molecular complexity index is 255. The number of rotatable bonds is 2. The van der Waals surface area contributed by atoms with Crippen LogP contribution < -0.4 is 10.1 Å². The summed E-state index contributed by atoms with van der Waals surface area (Å²) >= 11 is 0. The van der Waals surface area contributed by atoms with Crippen molar-refractivity contribution < 1.29 is 9.13 Å². The van der Waals surface area contributed by atoms with Gasteiger partial charge in [0.25, 0.3) is 0 Å². The third-order valence-electron chi connectivity index (χ3n) is 1.43. The topological polar surface area (TPSA) is 21.3 Å². The molecule has 1 rings (SSSR count). The number of anilines is 1. The number of nitrogens with one attached hydrogen (secondary N) is 1. The van der Waals surface area contributed by atoms with Crippen molar-refractivity contribution in [2.24, 2.45) is 0 Å². The molecule has 12 heavy (non-hydrogen) atoms. The normalized spacial score (nSPS) is 8.58. The van der Waals surface area contributed by atoms with E-state index in [-0.39, 0.29) is 18.2 Å². The lowest BCUT2D eigenvalue weighted by Crippen LogP contribution is -1.93. The summed E-state index contributed by atoms with van der Waals surface area (Å²) in [6.07, 6.45) is 0. The summed E-state index contributed by atoms with van der Waals surface area (Å²) in [5.41, 5.74) is 0.786. The van der Waals surface area contributed by atoms with E-state index >= 15 is 0 Å². The van der Waals surface area contributed by atoms with Crippen LogP contribution in [0.15, 0.2) is 18.2 Å². The molecule has 0 spiro atoms. The van der Waals surface area contributed by atoms with E-state index in [1.165, 1.54) is 19.2 Å². The maximum absolute atomic E-state index is 12.6. The van der Waals surface area contributed by atoms with Crippen molar-refractivity contribution in [3.8, 4) is 5.75 Å². The molecule has 0 heterocycles. The zero-order chi connectivity index (χ0) is 8.27. The third kappa shape index (κ3) is 2.27. The molecule has 0 saturated carbocycles. The Morgan fingerprint density at radius 3 is 2.58 bits per heavy atom. The van der Waals surface area contributed by atoms with Crippen LogP contribution in [0.2, 0.25) is 0 Å². The first-order valence-electron chi connectivity index (χ1n) is 3.29. The van der Waals surface area contributed by atoms with Crippen molar-refractivity contribution in [3.05, 3.63) is 24.0 Å². The second kappa shape index (κ2) is 4.83. The molecule has 0 fully saturated rings. The molecule has 4 heteroatoms. The highest BCUT2D eigenvalue weighted by Crippen LogP contribution is 2.23. The van der Waals surface area contributed by atoms with E-state index in [1.807, 2.05) is 0 Å². The number of methoxy groups -OCH3 is 1. The Hall–Kier alpha value is -0.960. The molecule has 0 aromatic heterocycles. The lowest BCUT2D eigenvalue weighted by molar-refractivity contribution is 0.413.